The monoisotopic (exact) mass is 563 g/mol. The molecule has 0 spiro atoms. The number of nitrogens with one attached hydrogen (secondary N) is 1. The first-order valence-corrected chi connectivity index (χ1v) is 12.6. The predicted octanol–water partition coefficient (Wildman–Crippen LogP) is -2.14. The molecule has 1 aliphatic heterocycles. The van der Waals surface area contributed by atoms with E-state index >= 15 is 0 Å². The Hall–Kier alpha value is -3.08. The molecule has 38 heavy (non-hydrogen) atoms. The molecule has 0 bridgehead atoms. The first kappa shape index (κ1) is 32.9. The van der Waals surface area contributed by atoms with Crippen LogP contribution < -0.4 is 11.1 Å². The summed E-state index contributed by atoms with van der Waals surface area (Å²) in [6.45, 7) is 2.16. The smallest absolute Gasteiger partial charge is 0.320 e. The number of nitrogens with zero attached hydrogens (tertiary/aromatic N) is 1. The van der Waals surface area contributed by atoms with Crippen LogP contribution in [0.1, 0.15) is 26.2 Å². The summed E-state index contributed by atoms with van der Waals surface area (Å²) >= 11 is 0.992. The molecule has 214 valence electrons. The first-order chi connectivity index (χ1) is 18.1. The van der Waals surface area contributed by atoms with Crippen molar-refractivity contribution in [3.8, 4) is 0 Å². The normalized spacial score (nSPS) is 18.5. The van der Waals surface area contributed by atoms with Gasteiger partial charge in [-0.25, -0.2) is 0 Å². The third-order valence-electron chi connectivity index (χ3n) is 5.32. The van der Waals surface area contributed by atoms with E-state index in [1.165, 1.54) is 0 Å². The van der Waals surface area contributed by atoms with Crippen molar-refractivity contribution in [1.82, 2.24) is 10.2 Å². The topological polar surface area (TPSA) is 218 Å². The molecule has 4 N–H and O–H groups in total. The summed E-state index contributed by atoms with van der Waals surface area (Å²) in [6.07, 6.45) is -0.567. The van der Waals surface area contributed by atoms with Gasteiger partial charge < -0.3 is 35.1 Å². The summed E-state index contributed by atoms with van der Waals surface area (Å²) in [4.78, 5) is 82.6. The quantitative estimate of drug-likeness (QED) is 0.0728. The maximum Gasteiger partial charge on any atom is 0.320 e. The minimum atomic E-state index is -1.28. The van der Waals surface area contributed by atoms with Crippen LogP contribution in [-0.4, -0.2) is 121 Å². The highest BCUT2D eigenvalue weighted by Gasteiger charge is 2.48. The number of hydrogen-bond acceptors (Lipinski definition) is 13. The maximum absolute atomic E-state index is 13.0. The molecule has 1 heterocycles. The zero-order valence-electron chi connectivity index (χ0n) is 21.0. The fraction of sp³-hybridized carbons (Fsp3) is 0.682. The van der Waals surface area contributed by atoms with Crippen molar-refractivity contribution >= 4 is 54.2 Å². The van der Waals surface area contributed by atoms with Crippen molar-refractivity contribution in [2.45, 2.75) is 43.0 Å². The summed E-state index contributed by atoms with van der Waals surface area (Å²) in [5, 5.41) is 11.3. The zero-order valence-corrected chi connectivity index (χ0v) is 21.8. The molecule has 0 aromatic carbocycles. The van der Waals surface area contributed by atoms with Gasteiger partial charge in [0.05, 0.1) is 39.4 Å². The van der Waals surface area contributed by atoms with Crippen LogP contribution >= 0.6 is 11.8 Å². The minimum absolute atomic E-state index is 0.0121. The van der Waals surface area contributed by atoms with Crippen molar-refractivity contribution in [2.75, 3.05) is 51.9 Å². The van der Waals surface area contributed by atoms with Crippen molar-refractivity contribution in [2.24, 2.45) is 5.73 Å². The summed E-state index contributed by atoms with van der Waals surface area (Å²) in [5.41, 5.74) is 5.39. The van der Waals surface area contributed by atoms with Gasteiger partial charge in [0.1, 0.15) is 23.4 Å². The largest absolute Gasteiger partial charge is 0.480 e. The zero-order chi connectivity index (χ0) is 28.6. The molecular weight excluding hydrogens is 530 g/mol. The number of aliphatic carboxylic acids is 1. The van der Waals surface area contributed by atoms with Crippen molar-refractivity contribution in [3.63, 3.8) is 0 Å². The number of carboxylic acids is 1. The van der Waals surface area contributed by atoms with Gasteiger partial charge in [-0.05, 0) is 13.3 Å². The van der Waals surface area contributed by atoms with E-state index in [0.29, 0.717) is 6.47 Å². The third-order valence-corrected chi connectivity index (χ3v) is 6.77. The van der Waals surface area contributed by atoms with E-state index < -0.39 is 52.9 Å². The highest BCUT2D eigenvalue weighted by atomic mass is 32.2. The Morgan fingerprint density at radius 3 is 2.37 bits per heavy atom. The van der Waals surface area contributed by atoms with Gasteiger partial charge in [-0.3, -0.25) is 38.5 Å². The van der Waals surface area contributed by atoms with E-state index in [2.05, 4.69) is 14.8 Å². The number of likely N-dealkylation sites (tertiary alicyclic amines) is 1. The van der Waals surface area contributed by atoms with Gasteiger partial charge >= 0.3 is 5.97 Å². The summed E-state index contributed by atoms with van der Waals surface area (Å²) in [5.74, 6) is -3.58. The van der Waals surface area contributed by atoms with E-state index in [9.17, 15) is 33.6 Å². The number of Topliss-reactive ketones (excluding diaryl/α,β-unsaturated/α-hetero) is 1. The number of ether oxygens (including phenoxy) is 4. The van der Waals surface area contributed by atoms with Crippen LogP contribution in [-0.2, 0) is 52.5 Å². The number of imide groups is 1. The number of carbonyl (C=O) groups excluding carboxylic acids is 6. The van der Waals surface area contributed by atoms with E-state index in [4.69, 9.17) is 20.3 Å². The lowest BCUT2D eigenvalue weighted by atomic mass is 10.1. The van der Waals surface area contributed by atoms with E-state index in [0.717, 1.165) is 16.7 Å². The van der Waals surface area contributed by atoms with Crippen molar-refractivity contribution < 1.29 is 57.6 Å². The molecule has 0 aromatic rings. The molecule has 16 heteroatoms. The number of carbonyl (C=O) groups is 7. The van der Waals surface area contributed by atoms with Crippen LogP contribution in [0.25, 0.3) is 0 Å². The van der Waals surface area contributed by atoms with Gasteiger partial charge in [0.2, 0.25) is 17.7 Å². The number of thioether (sulfide) groups is 1. The Bertz CT molecular complexity index is 857. The summed E-state index contributed by atoms with van der Waals surface area (Å²) < 4.78 is 18.3. The van der Waals surface area contributed by atoms with Gasteiger partial charge in [-0.15, -0.1) is 11.8 Å². The van der Waals surface area contributed by atoms with Crippen LogP contribution in [0.4, 0.5) is 0 Å². The predicted molar refractivity (Wildman–Crippen MR) is 130 cm³/mol. The van der Waals surface area contributed by atoms with Gasteiger partial charge in [0.15, 0.2) is 12.4 Å². The molecule has 3 amide bonds. The lowest BCUT2D eigenvalue weighted by molar-refractivity contribution is -0.140. The van der Waals surface area contributed by atoms with E-state index in [1.54, 1.807) is 6.92 Å². The number of ketones is 1. The standard InChI is InChI=1S/C22H33N3O12S/c1-22(10-19(30)25(21(22)33)4-5-34-6-7-35-8-9-36-13-26)38-12-16(17(28)11-37-14-27)24-18(29)3-2-15(23)20(31)32/h13-16H,2-12,23H2,1H3,(H,24,29)(H,31,32). The molecule has 1 fully saturated rings. The molecule has 1 aliphatic rings. The Morgan fingerprint density at radius 2 is 1.74 bits per heavy atom. The highest BCUT2D eigenvalue weighted by molar-refractivity contribution is 8.01. The van der Waals surface area contributed by atoms with Crippen molar-refractivity contribution in [3.05, 3.63) is 0 Å². The van der Waals surface area contributed by atoms with Gasteiger partial charge in [-0.2, -0.15) is 0 Å². The molecule has 0 aliphatic carbocycles. The highest BCUT2D eigenvalue weighted by Crippen LogP contribution is 2.37. The van der Waals surface area contributed by atoms with Crippen molar-refractivity contribution in [1.29, 1.82) is 0 Å². The molecule has 1 saturated heterocycles. The van der Waals surface area contributed by atoms with Crippen LogP contribution in [0, 0.1) is 0 Å². The van der Waals surface area contributed by atoms with Gasteiger partial charge in [-0.1, -0.05) is 0 Å². The number of rotatable bonds is 22. The lowest BCUT2D eigenvalue weighted by Crippen LogP contribution is -2.46. The average Bonchev–Trinajstić information content (AvgIpc) is 3.09. The molecule has 0 saturated carbocycles. The average molecular weight is 564 g/mol. The van der Waals surface area contributed by atoms with Crippen LogP contribution in [0.15, 0.2) is 0 Å². The molecule has 3 atom stereocenters. The fourth-order valence-corrected chi connectivity index (χ4v) is 4.47. The second-order valence-corrected chi connectivity index (χ2v) is 9.76. The molecule has 0 aromatic heterocycles. The van der Waals surface area contributed by atoms with E-state index in [1.807, 2.05) is 0 Å². The lowest BCUT2D eigenvalue weighted by Gasteiger charge is -2.25. The number of nitrogens with two attached hydrogens (primary N) is 1. The van der Waals surface area contributed by atoms with Gasteiger partial charge in [0.25, 0.3) is 12.9 Å². The Labute approximate surface area is 223 Å². The molecule has 1 rings (SSSR count). The van der Waals surface area contributed by atoms with Gasteiger partial charge in [0, 0.05) is 12.2 Å². The third kappa shape index (κ3) is 11.5. The molecule has 0 radical (unpaired) electrons. The SMILES string of the molecule is CC1(SCC(NC(=O)CCC(N)C(=O)O)C(=O)COC=O)CC(=O)N(CCOCCOCCOC=O)C1=O. The summed E-state index contributed by atoms with van der Waals surface area (Å²) in [7, 11) is 0. The van der Waals surface area contributed by atoms with E-state index in [-0.39, 0.29) is 71.1 Å². The van der Waals surface area contributed by atoms with Crippen LogP contribution in [0.3, 0.4) is 0 Å². The number of hydrogen-bond donors (Lipinski definition) is 3. The fourth-order valence-electron chi connectivity index (χ4n) is 3.21. The molecule has 15 nitrogen and oxygen atoms in total. The summed E-state index contributed by atoms with van der Waals surface area (Å²) in [6, 6.07) is -2.42. The Morgan fingerprint density at radius 1 is 1.11 bits per heavy atom. The Balaban J connectivity index is 2.61. The second-order valence-electron chi connectivity index (χ2n) is 8.24. The Kier molecular flexibility index (Phi) is 15.1. The van der Waals surface area contributed by atoms with Crippen LogP contribution in [0.2, 0.25) is 0 Å². The molecule has 3 unspecified atom stereocenters. The molecular formula is C22H33N3O12S. The first-order valence-electron chi connectivity index (χ1n) is 11.6. The number of carboxylic acid groups (broad SMARTS) is 1. The van der Waals surface area contributed by atoms with Crippen LogP contribution in [0.5, 0.6) is 0 Å². The number of amides is 3. The minimum Gasteiger partial charge on any atom is -0.480 e. The maximum atomic E-state index is 13.0. The second kappa shape index (κ2) is 17.4.